The molecule has 100 valence electrons. The summed E-state index contributed by atoms with van der Waals surface area (Å²) in [5.74, 6) is 0.256. The van der Waals surface area contributed by atoms with E-state index in [1.54, 1.807) is 30.8 Å². The maximum absolute atomic E-state index is 12.2. The second kappa shape index (κ2) is 5.34. The molecule has 2 aromatic rings. The van der Waals surface area contributed by atoms with Crippen molar-refractivity contribution in [3.05, 3.63) is 38.4 Å². The van der Waals surface area contributed by atoms with Crippen LogP contribution in [-0.4, -0.2) is 15.7 Å². The summed E-state index contributed by atoms with van der Waals surface area (Å²) in [6.45, 7) is 1.79. The summed E-state index contributed by atoms with van der Waals surface area (Å²) in [5.41, 5.74) is 7.57. The minimum atomic E-state index is -0.242. The minimum Gasteiger partial charge on any atom is -0.394 e. The standard InChI is InChI=1S/C12H12Br2N4O/c1-6-10(15)11(18(2)17-6)16-12(19)8-4-3-7(13)5-9(8)14/h3-5H,15H2,1-2H3,(H,16,19). The number of anilines is 2. The maximum Gasteiger partial charge on any atom is 0.258 e. The molecule has 19 heavy (non-hydrogen) atoms. The molecule has 7 heteroatoms. The molecule has 0 radical (unpaired) electrons. The van der Waals surface area contributed by atoms with Crippen molar-refractivity contribution in [3.8, 4) is 0 Å². The fourth-order valence-corrected chi connectivity index (χ4v) is 2.90. The van der Waals surface area contributed by atoms with E-state index in [9.17, 15) is 4.79 Å². The first-order chi connectivity index (χ1) is 8.90. The minimum absolute atomic E-state index is 0.242. The fourth-order valence-electron chi connectivity index (χ4n) is 1.67. The Hall–Kier alpha value is -1.34. The van der Waals surface area contributed by atoms with Crippen LogP contribution in [0.1, 0.15) is 16.1 Å². The van der Waals surface area contributed by atoms with Crippen LogP contribution in [0.2, 0.25) is 0 Å². The van der Waals surface area contributed by atoms with Crippen molar-refractivity contribution in [3.63, 3.8) is 0 Å². The zero-order valence-corrected chi connectivity index (χ0v) is 13.5. The first-order valence-electron chi connectivity index (χ1n) is 5.45. The lowest BCUT2D eigenvalue weighted by molar-refractivity contribution is 0.102. The number of hydrogen-bond donors (Lipinski definition) is 2. The van der Waals surface area contributed by atoms with Crippen molar-refractivity contribution in [1.29, 1.82) is 0 Å². The Bertz CT molecular complexity index is 651. The largest absolute Gasteiger partial charge is 0.394 e. The van der Waals surface area contributed by atoms with Gasteiger partial charge in [0.2, 0.25) is 0 Å². The molecular weight excluding hydrogens is 376 g/mol. The fraction of sp³-hybridized carbons (Fsp3) is 0.167. The Kier molecular flexibility index (Phi) is 3.96. The van der Waals surface area contributed by atoms with Crippen molar-refractivity contribution in [2.45, 2.75) is 6.92 Å². The molecule has 0 saturated carbocycles. The molecule has 1 amide bonds. The summed E-state index contributed by atoms with van der Waals surface area (Å²) >= 11 is 6.70. The van der Waals surface area contributed by atoms with E-state index >= 15 is 0 Å². The predicted molar refractivity (Wildman–Crippen MR) is 82.2 cm³/mol. The van der Waals surface area contributed by atoms with Gasteiger partial charge in [-0.15, -0.1) is 0 Å². The van der Waals surface area contributed by atoms with Crippen LogP contribution >= 0.6 is 31.9 Å². The molecule has 0 spiro atoms. The van der Waals surface area contributed by atoms with Crippen LogP contribution in [0.15, 0.2) is 27.1 Å². The molecule has 5 nitrogen and oxygen atoms in total. The van der Waals surface area contributed by atoms with Gasteiger partial charge >= 0.3 is 0 Å². The smallest absolute Gasteiger partial charge is 0.258 e. The highest BCUT2D eigenvalue weighted by Gasteiger charge is 2.16. The van der Waals surface area contributed by atoms with E-state index in [1.165, 1.54) is 0 Å². The molecule has 0 aliphatic heterocycles. The number of nitrogens with one attached hydrogen (secondary N) is 1. The van der Waals surface area contributed by atoms with Crippen LogP contribution in [0, 0.1) is 6.92 Å². The number of benzene rings is 1. The van der Waals surface area contributed by atoms with E-state index in [0.29, 0.717) is 27.2 Å². The molecular formula is C12H12Br2N4O. The normalized spacial score (nSPS) is 10.5. The summed E-state index contributed by atoms with van der Waals surface area (Å²) < 4.78 is 3.15. The van der Waals surface area contributed by atoms with Crippen molar-refractivity contribution >= 4 is 49.3 Å². The van der Waals surface area contributed by atoms with Gasteiger partial charge < -0.3 is 11.1 Å². The van der Waals surface area contributed by atoms with Gasteiger partial charge in [0.05, 0.1) is 16.9 Å². The van der Waals surface area contributed by atoms with E-state index in [-0.39, 0.29) is 5.91 Å². The Morgan fingerprint density at radius 3 is 2.63 bits per heavy atom. The second-order valence-electron chi connectivity index (χ2n) is 4.05. The van der Waals surface area contributed by atoms with Gasteiger partial charge in [0, 0.05) is 16.0 Å². The van der Waals surface area contributed by atoms with E-state index in [2.05, 4.69) is 42.3 Å². The highest BCUT2D eigenvalue weighted by Crippen LogP contribution is 2.25. The molecule has 2 rings (SSSR count). The van der Waals surface area contributed by atoms with Gasteiger partial charge in [0.25, 0.3) is 5.91 Å². The summed E-state index contributed by atoms with van der Waals surface area (Å²) in [4.78, 5) is 12.2. The molecule has 0 atom stereocenters. The number of nitrogens with zero attached hydrogens (tertiary/aromatic N) is 2. The molecule has 0 bridgehead atoms. The van der Waals surface area contributed by atoms with Gasteiger partial charge in [-0.05, 0) is 41.1 Å². The lowest BCUT2D eigenvalue weighted by atomic mass is 10.2. The number of aromatic nitrogens is 2. The van der Waals surface area contributed by atoms with Crippen LogP contribution < -0.4 is 11.1 Å². The van der Waals surface area contributed by atoms with Crippen LogP contribution in [-0.2, 0) is 7.05 Å². The zero-order chi connectivity index (χ0) is 14.2. The van der Waals surface area contributed by atoms with E-state index < -0.39 is 0 Å². The van der Waals surface area contributed by atoms with Crippen molar-refractivity contribution in [2.24, 2.45) is 7.05 Å². The van der Waals surface area contributed by atoms with Gasteiger partial charge in [-0.1, -0.05) is 15.9 Å². The third-order valence-corrected chi connectivity index (χ3v) is 3.83. The number of rotatable bonds is 2. The average molecular weight is 388 g/mol. The van der Waals surface area contributed by atoms with Gasteiger partial charge in [-0.25, -0.2) is 0 Å². The number of aryl methyl sites for hydroxylation is 2. The molecule has 1 aromatic heterocycles. The third kappa shape index (κ3) is 2.82. The molecule has 3 N–H and O–H groups in total. The maximum atomic E-state index is 12.2. The highest BCUT2D eigenvalue weighted by molar-refractivity contribution is 9.11. The number of carbonyl (C=O) groups is 1. The molecule has 0 aliphatic rings. The number of carbonyl (C=O) groups excluding carboxylic acids is 1. The summed E-state index contributed by atoms with van der Waals surface area (Å²) in [6, 6.07) is 5.34. The van der Waals surface area contributed by atoms with Gasteiger partial charge in [-0.2, -0.15) is 5.10 Å². The summed E-state index contributed by atoms with van der Waals surface area (Å²) in [6.07, 6.45) is 0. The molecule has 0 unspecified atom stereocenters. The second-order valence-corrected chi connectivity index (χ2v) is 5.82. The molecule has 0 saturated heterocycles. The first kappa shape index (κ1) is 14.1. The van der Waals surface area contributed by atoms with Gasteiger partial charge in [0.15, 0.2) is 5.82 Å². The monoisotopic (exact) mass is 386 g/mol. The number of hydrogen-bond acceptors (Lipinski definition) is 3. The SMILES string of the molecule is Cc1nn(C)c(NC(=O)c2ccc(Br)cc2Br)c1N. The van der Waals surface area contributed by atoms with E-state index in [4.69, 9.17) is 5.73 Å². The van der Waals surface area contributed by atoms with E-state index in [1.807, 2.05) is 6.07 Å². The van der Waals surface area contributed by atoms with Crippen LogP contribution in [0.4, 0.5) is 11.5 Å². The topological polar surface area (TPSA) is 72.9 Å². The Balaban J connectivity index is 2.31. The molecule has 0 fully saturated rings. The Morgan fingerprint density at radius 1 is 1.42 bits per heavy atom. The summed E-state index contributed by atoms with van der Waals surface area (Å²) in [7, 11) is 1.73. The summed E-state index contributed by atoms with van der Waals surface area (Å²) in [5, 5.41) is 6.92. The van der Waals surface area contributed by atoms with Crippen LogP contribution in [0.25, 0.3) is 0 Å². The molecule has 1 heterocycles. The predicted octanol–water partition coefficient (Wildman–Crippen LogP) is 3.09. The molecule has 0 aliphatic carbocycles. The lowest BCUT2D eigenvalue weighted by Crippen LogP contribution is -2.16. The third-order valence-electron chi connectivity index (χ3n) is 2.68. The van der Waals surface area contributed by atoms with E-state index in [0.717, 1.165) is 4.47 Å². The van der Waals surface area contributed by atoms with Crippen molar-refractivity contribution < 1.29 is 4.79 Å². The number of nitrogen functional groups attached to an aromatic ring is 1. The average Bonchev–Trinajstić information content (AvgIpc) is 2.56. The van der Waals surface area contributed by atoms with Gasteiger partial charge in [-0.3, -0.25) is 9.48 Å². The quantitative estimate of drug-likeness (QED) is 0.831. The first-order valence-corrected chi connectivity index (χ1v) is 7.04. The Labute approximate surface area is 127 Å². The highest BCUT2D eigenvalue weighted by atomic mass is 79.9. The number of nitrogens with two attached hydrogens (primary N) is 1. The van der Waals surface area contributed by atoms with Crippen LogP contribution in [0.3, 0.4) is 0 Å². The van der Waals surface area contributed by atoms with Crippen molar-refractivity contribution in [2.75, 3.05) is 11.1 Å². The van der Waals surface area contributed by atoms with Crippen molar-refractivity contribution in [1.82, 2.24) is 9.78 Å². The number of amides is 1. The molecule has 1 aromatic carbocycles. The lowest BCUT2D eigenvalue weighted by Gasteiger charge is -2.08. The number of halogens is 2. The van der Waals surface area contributed by atoms with Gasteiger partial charge in [0.1, 0.15) is 0 Å². The van der Waals surface area contributed by atoms with Crippen LogP contribution in [0.5, 0.6) is 0 Å². The Morgan fingerprint density at radius 2 is 2.11 bits per heavy atom. The zero-order valence-electron chi connectivity index (χ0n) is 10.4.